The van der Waals surface area contributed by atoms with Crippen molar-refractivity contribution in [2.45, 2.75) is 110 Å². The van der Waals surface area contributed by atoms with Gasteiger partial charge in [-0.15, -0.1) is 0 Å². The maximum absolute atomic E-state index is 11.6. The summed E-state index contributed by atoms with van der Waals surface area (Å²) in [6.07, 6.45) is 11.3. The van der Waals surface area contributed by atoms with E-state index in [1.807, 2.05) is 19.9 Å². The van der Waals surface area contributed by atoms with Crippen LogP contribution in [0.4, 0.5) is 0 Å². The molecule has 4 aliphatic carbocycles. The predicted molar refractivity (Wildman–Crippen MR) is 128 cm³/mol. The Balaban J connectivity index is 1.60. The molecule has 4 N–H and O–H groups in total. The summed E-state index contributed by atoms with van der Waals surface area (Å²) in [4.78, 5) is 0. The Morgan fingerprint density at radius 1 is 1.00 bits per heavy atom. The minimum absolute atomic E-state index is 0.112. The fourth-order valence-electron chi connectivity index (χ4n) is 8.16. The van der Waals surface area contributed by atoms with Crippen LogP contribution >= 0.6 is 0 Å². The Morgan fingerprint density at radius 3 is 2.34 bits per heavy atom. The molecule has 0 aromatic heterocycles. The Hall–Kier alpha value is -0.680. The first-order valence-corrected chi connectivity index (χ1v) is 12.9. The van der Waals surface area contributed by atoms with Gasteiger partial charge in [0.15, 0.2) is 0 Å². The average Bonchev–Trinajstić information content (AvgIpc) is 3.05. The molecule has 0 aromatic rings. The average molecular weight is 447 g/mol. The minimum atomic E-state index is -1.23. The van der Waals surface area contributed by atoms with Crippen LogP contribution in [0.3, 0.4) is 0 Å². The van der Waals surface area contributed by atoms with E-state index >= 15 is 0 Å². The summed E-state index contributed by atoms with van der Waals surface area (Å²) in [5, 5.41) is 43.2. The van der Waals surface area contributed by atoms with Crippen LogP contribution in [0.1, 0.15) is 86.5 Å². The van der Waals surface area contributed by atoms with Crippen LogP contribution in [-0.4, -0.2) is 43.8 Å². The monoisotopic (exact) mass is 446 g/mol. The molecule has 0 spiro atoms. The third-order valence-electron chi connectivity index (χ3n) is 10.8. The lowest BCUT2D eigenvalue weighted by atomic mass is 9.45. The van der Waals surface area contributed by atoms with Crippen molar-refractivity contribution in [2.24, 2.45) is 40.4 Å². The lowest BCUT2D eigenvalue weighted by molar-refractivity contribution is -0.210. The third kappa shape index (κ3) is 3.56. The summed E-state index contributed by atoms with van der Waals surface area (Å²) in [7, 11) is 0. The summed E-state index contributed by atoms with van der Waals surface area (Å²) in [6.45, 7) is 12.8. The van der Waals surface area contributed by atoms with Crippen molar-refractivity contribution < 1.29 is 20.4 Å². The summed E-state index contributed by atoms with van der Waals surface area (Å²) >= 11 is 0. The molecule has 4 heteroatoms. The van der Waals surface area contributed by atoms with Crippen LogP contribution in [0.15, 0.2) is 23.8 Å². The van der Waals surface area contributed by atoms with Crippen molar-refractivity contribution in [1.29, 1.82) is 0 Å². The van der Waals surface area contributed by atoms with Gasteiger partial charge < -0.3 is 20.4 Å². The third-order valence-corrected chi connectivity index (χ3v) is 10.8. The molecular weight excluding hydrogens is 400 g/mol. The van der Waals surface area contributed by atoms with E-state index in [1.165, 1.54) is 12.0 Å². The van der Waals surface area contributed by atoms with E-state index in [2.05, 4.69) is 39.8 Å². The van der Waals surface area contributed by atoms with E-state index < -0.39 is 23.4 Å². The highest BCUT2D eigenvalue weighted by molar-refractivity contribution is 5.33. The molecule has 0 amide bonds. The second kappa shape index (κ2) is 7.93. The number of hydrogen-bond donors (Lipinski definition) is 4. The Morgan fingerprint density at radius 2 is 1.69 bits per heavy atom. The molecular formula is C28H46O4. The van der Waals surface area contributed by atoms with Crippen LogP contribution in [0.5, 0.6) is 0 Å². The molecule has 1 unspecified atom stereocenters. The number of aliphatic hydroxyl groups is 4. The van der Waals surface area contributed by atoms with Crippen LogP contribution in [0.2, 0.25) is 0 Å². The fraction of sp³-hybridized carbons (Fsp3) is 0.857. The van der Waals surface area contributed by atoms with Gasteiger partial charge in [0.1, 0.15) is 11.7 Å². The molecule has 0 bridgehead atoms. The molecule has 4 nitrogen and oxygen atoms in total. The summed E-state index contributed by atoms with van der Waals surface area (Å²) in [5.41, 5.74) is -0.724. The van der Waals surface area contributed by atoms with E-state index in [-0.39, 0.29) is 23.2 Å². The summed E-state index contributed by atoms with van der Waals surface area (Å²) in [5.74, 6) is 1.88. The molecule has 182 valence electrons. The van der Waals surface area contributed by atoms with Crippen LogP contribution in [-0.2, 0) is 0 Å². The van der Waals surface area contributed by atoms with Gasteiger partial charge in [0.05, 0.1) is 11.7 Å². The number of allylic oxidation sites excluding steroid dienone is 2. The molecule has 4 aliphatic rings. The van der Waals surface area contributed by atoms with Crippen molar-refractivity contribution in [3.8, 4) is 0 Å². The Bertz CT molecular complexity index is 781. The minimum Gasteiger partial charge on any atom is -0.393 e. The highest BCUT2D eigenvalue weighted by atomic mass is 16.3. The van der Waals surface area contributed by atoms with Crippen LogP contribution < -0.4 is 0 Å². The topological polar surface area (TPSA) is 80.9 Å². The first-order valence-electron chi connectivity index (χ1n) is 12.9. The van der Waals surface area contributed by atoms with Crippen molar-refractivity contribution >= 4 is 0 Å². The van der Waals surface area contributed by atoms with Gasteiger partial charge in [0.2, 0.25) is 0 Å². The van der Waals surface area contributed by atoms with Crippen molar-refractivity contribution in [1.82, 2.24) is 0 Å². The molecule has 0 heterocycles. The highest BCUT2D eigenvalue weighted by Gasteiger charge is 2.64. The fourth-order valence-corrected chi connectivity index (χ4v) is 8.16. The predicted octanol–water partition coefficient (Wildman–Crippen LogP) is 4.61. The summed E-state index contributed by atoms with van der Waals surface area (Å²) in [6, 6.07) is 0. The number of hydrogen-bond acceptors (Lipinski definition) is 4. The number of fused-ring (bicyclic) bond motifs is 5. The SMILES string of the molecule is CC(/C=C/[C@@H](C)[C@H]1CC[C@H]2C3=C[C@@H](O)[C@@]4(O)C[C@@H](O)CC[C@]4(C)[C@H]3CC[C@]12C)C(C)(C)O. The van der Waals surface area contributed by atoms with Gasteiger partial charge in [-0.05, 0) is 81.5 Å². The Labute approximate surface area is 194 Å². The highest BCUT2D eigenvalue weighted by Crippen LogP contribution is 2.67. The lowest BCUT2D eigenvalue weighted by Crippen LogP contribution is -2.65. The first-order chi connectivity index (χ1) is 14.7. The second-order valence-corrected chi connectivity index (χ2v) is 12.9. The molecule has 10 atom stereocenters. The maximum atomic E-state index is 11.6. The molecule has 32 heavy (non-hydrogen) atoms. The van der Waals surface area contributed by atoms with Gasteiger partial charge in [-0.25, -0.2) is 0 Å². The zero-order chi connectivity index (χ0) is 23.7. The molecule has 0 aromatic carbocycles. The molecule has 0 saturated heterocycles. The number of rotatable bonds is 4. The Kier molecular flexibility index (Phi) is 6.06. The normalized spacial score (nSPS) is 48.6. The van der Waals surface area contributed by atoms with E-state index in [4.69, 9.17) is 0 Å². The van der Waals surface area contributed by atoms with E-state index in [0.29, 0.717) is 30.1 Å². The summed E-state index contributed by atoms with van der Waals surface area (Å²) < 4.78 is 0. The van der Waals surface area contributed by atoms with E-state index in [1.54, 1.807) is 0 Å². The van der Waals surface area contributed by atoms with Crippen molar-refractivity contribution in [3.63, 3.8) is 0 Å². The molecule has 4 rings (SSSR count). The standard InChI is InChI=1S/C28H46O4/c1-17(7-8-18(2)25(3,4)31)21-9-10-22-20-15-24(30)28(32)16-19(29)11-14-27(28,6)23(20)12-13-26(21,22)5/h7-8,15,17-19,21-24,29-32H,9-14,16H2,1-6H3/b8-7+/t17-,18?,19+,21-,22+,23+,24-,26-,27-,28+/m1/s1. The smallest absolute Gasteiger partial charge is 0.102 e. The van der Waals surface area contributed by atoms with Crippen LogP contribution in [0, 0.1) is 40.4 Å². The molecule has 0 radical (unpaired) electrons. The van der Waals surface area contributed by atoms with Gasteiger partial charge in [-0.2, -0.15) is 0 Å². The van der Waals surface area contributed by atoms with Crippen molar-refractivity contribution in [2.75, 3.05) is 0 Å². The zero-order valence-corrected chi connectivity index (χ0v) is 21.0. The van der Waals surface area contributed by atoms with E-state index in [0.717, 1.165) is 25.7 Å². The van der Waals surface area contributed by atoms with E-state index in [9.17, 15) is 20.4 Å². The maximum Gasteiger partial charge on any atom is 0.102 e. The lowest BCUT2D eigenvalue weighted by Gasteiger charge is -2.62. The number of aliphatic hydroxyl groups excluding tert-OH is 2. The molecule has 3 saturated carbocycles. The van der Waals surface area contributed by atoms with Gasteiger partial charge in [-0.1, -0.05) is 51.5 Å². The molecule has 0 aliphatic heterocycles. The second-order valence-electron chi connectivity index (χ2n) is 12.9. The first kappa shape index (κ1) is 24.4. The van der Waals surface area contributed by atoms with Crippen LogP contribution in [0.25, 0.3) is 0 Å². The quantitative estimate of drug-likeness (QED) is 0.475. The van der Waals surface area contributed by atoms with Gasteiger partial charge >= 0.3 is 0 Å². The van der Waals surface area contributed by atoms with Crippen molar-refractivity contribution in [3.05, 3.63) is 23.8 Å². The molecule has 3 fully saturated rings. The van der Waals surface area contributed by atoms with Gasteiger partial charge in [0.25, 0.3) is 0 Å². The van der Waals surface area contributed by atoms with Gasteiger partial charge in [-0.3, -0.25) is 0 Å². The largest absolute Gasteiger partial charge is 0.393 e. The van der Waals surface area contributed by atoms with Gasteiger partial charge in [0, 0.05) is 17.8 Å². The zero-order valence-electron chi connectivity index (χ0n) is 21.0.